The normalized spacial score (nSPS) is 9.88. The van der Waals surface area contributed by atoms with E-state index in [1.807, 2.05) is 0 Å². The molecule has 0 saturated carbocycles. The maximum Gasteiger partial charge on any atom is 0.105 e. The zero-order valence-electron chi connectivity index (χ0n) is 5.26. The summed E-state index contributed by atoms with van der Waals surface area (Å²) in [6, 6.07) is 0. The van der Waals surface area contributed by atoms with Crippen molar-refractivity contribution in [3.8, 4) is 0 Å². The Labute approximate surface area is 49.5 Å². The summed E-state index contributed by atoms with van der Waals surface area (Å²) < 4.78 is 0. The van der Waals surface area contributed by atoms with E-state index in [0.717, 1.165) is 5.70 Å². The number of hydrazine groups is 1. The highest BCUT2D eigenvalue weighted by atomic mass is 15.4. The molecule has 0 rings (SSSR count). The van der Waals surface area contributed by atoms with Gasteiger partial charge in [-0.1, -0.05) is 6.58 Å². The second-order valence-electron chi connectivity index (χ2n) is 1.65. The molecular weight excluding hydrogens is 102 g/mol. The van der Waals surface area contributed by atoms with Crippen molar-refractivity contribution in [2.75, 3.05) is 7.05 Å². The quantitative estimate of drug-likeness (QED) is 0.243. The van der Waals surface area contributed by atoms with Crippen LogP contribution in [0.15, 0.2) is 17.3 Å². The fourth-order valence-corrected chi connectivity index (χ4v) is 0.190. The highest BCUT2D eigenvalue weighted by molar-refractivity contribution is 5.54. The van der Waals surface area contributed by atoms with E-state index >= 15 is 0 Å². The van der Waals surface area contributed by atoms with E-state index in [0.29, 0.717) is 0 Å². The van der Waals surface area contributed by atoms with Crippen LogP contribution in [0.4, 0.5) is 0 Å². The van der Waals surface area contributed by atoms with Gasteiger partial charge in [-0.3, -0.25) is 0 Å². The maximum absolute atomic E-state index is 5.18. The van der Waals surface area contributed by atoms with Crippen molar-refractivity contribution in [3.05, 3.63) is 12.3 Å². The fourth-order valence-electron chi connectivity index (χ4n) is 0.190. The maximum atomic E-state index is 5.18. The predicted molar refractivity (Wildman–Crippen MR) is 35.3 cm³/mol. The SMILES string of the molecule is C=C(C)/N=C\N(C)N. The van der Waals surface area contributed by atoms with E-state index in [9.17, 15) is 0 Å². The topological polar surface area (TPSA) is 41.6 Å². The second kappa shape index (κ2) is 3.21. The first kappa shape index (κ1) is 7.17. The molecule has 0 aliphatic heterocycles. The van der Waals surface area contributed by atoms with E-state index in [2.05, 4.69) is 11.6 Å². The highest BCUT2D eigenvalue weighted by Crippen LogP contribution is 1.83. The molecule has 0 saturated heterocycles. The van der Waals surface area contributed by atoms with Gasteiger partial charge < -0.3 is 5.01 Å². The van der Waals surface area contributed by atoms with Crippen molar-refractivity contribution < 1.29 is 0 Å². The Bertz CT molecular complexity index is 104. The molecule has 46 valence electrons. The zero-order valence-corrected chi connectivity index (χ0v) is 5.26. The lowest BCUT2D eigenvalue weighted by Crippen LogP contribution is -2.23. The average molecular weight is 113 g/mol. The van der Waals surface area contributed by atoms with Gasteiger partial charge in [0.15, 0.2) is 0 Å². The Kier molecular flexibility index (Phi) is 2.88. The molecule has 0 heterocycles. The van der Waals surface area contributed by atoms with Gasteiger partial charge >= 0.3 is 0 Å². The second-order valence-corrected chi connectivity index (χ2v) is 1.65. The van der Waals surface area contributed by atoms with Crippen LogP contribution in [0.2, 0.25) is 0 Å². The van der Waals surface area contributed by atoms with Crippen LogP contribution in [0.1, 0.15) is 6.92 Å². The molecule has 0 aromatic carbocycles. The third-order valence-corrected chi connectivity index (χ3v) is 0.460. The van der Waals surface area contributed by atoms with Crippen LogP contribution < -0.4 is 5.84 Å². The molecule has 0 aliphatic rings. The number of nitrogens with two attached hydrogens (primary N) is 1. The van der Waals surface area contributed by atoms with E-state index in [1.165, 1.54) is 11.3 Å². The van der Waals surface area contributed by atoms with E-state index in [-0.39, 0.29) is 0 Å². The van der Waals surface area contributed by atoms with Gasteiger partial charge in [0.05, 0.1) is 0 Å². The van der Waals surface area contributed by atoms with Crippen LogP contribution in [-0.4, -0.2) is 18.4 Å². The van der Waals surface area contributed by atoms with Gasteiger partial charge in [-0.15, -0.1) is 0 Å². The number of nitrogens with zero attached hydrogens (tertiary/aromatic N) is 2. The number of hydrogen-bond donors (Lipinski definition) is 1. The molecule has 0 spiro atoms. The Morgan fingerprint density at radius 2 is 2.38 bits per heavy atom. The van der Waals surface area contributed by atoms with Gasteiger partial charge in [0.25, 0.3) is 0 Å². The molecule has 0 amide bonds. The van der Waals surface area contributed by atoms with Crippen molar-refractivity contribution in [1.29, 1.82) is 0 Å². The monoisotopic (exact) mass is 113 g/mol. The largest absolute Gasteiger partial charge is 0.304 e. The Hall–Kier alpha value is -0.830. The van der Waals surface area contributed by atoms with Gasteiger partial charge in [-0.2, -0.15) is 0 Å². The molecule has 0 aliphatic carbocycles. The number of aliphatic imine (C=N–C) groups is 1. The van der Waals surface area contributed by atoms with Gasteiger partial charge in [0.2, 0.25) is 0 Å². The molecule has 0 fully saturated rings. The molecule has 0 unspecified atom stereocenters. The minimum atomic E-state index is 0.752. The van der Waals surface area contributed by atoms with Crippen molar-refractivity contribution >= 4 is 6.34 Å². The summed E-state index contributed by atoms with van der Waals surface area (Å²) in [6.45, 7) is 5.35. The molecule has 0 aromatic heterocycles. The Morgan fingerprint density at radius 1 is 1.88 bits per heavy atom. The molecule has 2 N–H and O–H groups in total. The molecule has 0 atom stereocenters. The summed E-state index contributed by atoms with van der Waals surface area (Å²) in [4.78, 5) is 3.81. The van der Waals surface area contributed by atoms with Crippen molar-refractivity contribution in [3.63, 3.8) is 0 Å². The van der Waals surface area contributed by atoms with E-state index in [1.54, 1.807) is 14.0 Å². The minimum absolute atomic E-state index is 0.752. The summed E-state index contributed by atoms with van der Waals surface area (Å²) >= 11 is 0. The van der Waals surface area contributed by atoms with Crippen LogP contribution in [0, 0.1) is 0 Å². The van der Waals surface area contributed by atoms with Gasteiger partial charge in [-0.25, -0.2) is 10.8 Å². The summed E-state index contributed by atoms with van der Waals surface area (Å²) in [6.07, 6.45) is 1.50. The smallest absolute Gasteiger partial charge is 0.105 e. The Balaban J connectivity index is 3.50. The van der Waals surface area contributed by atoms with E-state index < -0.39 is 0 Å². The summed E-state index contributed by atoms with van der Waals surface area (Å²) in [5.74, 6) is 5.18. The fraction of sp³-hybridized carbons (Fsp3) is 0.400. The van der Waals surface area contributed by atoms with Crippen molar-refractivity contribution in [2.45, 2.75) is 6.92 Å². The molecule has 3 nitrogen and oxygen atoms in total. The Morgan fingerprint density at radius 3 is 2.50 bits per heavy atom. The number of rotatable bonds is 2. The summed E-state index contributed by atoms with van der Waals surface area (Å²) in [5.41, 5.74) is 0.752. The number of allylic oxidation sites excluding steroid dienone is 1. The first-order valence-corrected chi connectivity index (χ1v) is 2.30. The standard InChI is InChI=1S/C5H11N3/c1-5(2)7-4-8(3)6/h4H,1,6H2,2-3H3/b7-4-. The first-order chi connectivity index (χ1) is 3.63. The van der Waals surface area contributed by atoms with Gasteiger partial charge in [-0.05, 0) is 6.92 Å². The third kappa shape index (κ3) is 5.17. The van der Waals surface area contributed by atoms with Crippen molar-refractivity contribution in [1.82, 2.24) is 5.01 Å². The molecule has 3 heteroatoms. The van der Waals surface area contributed by atoms with Crippen molar-refractivity contribution in [2.24, 2.45) is 10.8 Å². The van der Waals surface area contributed by atoms with Gasteiger partial charge in [0.1, 0.15) is 6.34 Å². The summed E-state index contributed by atoms with van der Waals surface area (Å²) in [7, 11) is 1.70. The minimum Gasteiger partial charge on any atom is -0.304 e. The molecule has 0 radical (unpaired) electrons. The van der Waals surface area contributed by atoms with Crippen LogP contribution in [0.3, 0.4) is 0 Å². The number of hydrogen-bond acceptors (Lipinski definition) is 2. The van der Waals surface area contributed by atoms with E-state index in [4.69, 9.17) is 5.84 Å². The van der Waals surface area contributed by atoms with Gasteiger partial charge in [0, 0.05) is 12.7 Å². The van der Waals surface area contributed by atoms with Crippen LogP contribution in [-0.2, 0) is 0 Å². The third-order valence-electron chi connectivity index (χ3n) is 0.460. The van der Waals surface area contributed by atoms with Crippen LogP contribution in [0.25, 0.3) is 0 Å². The molecule has 8 heavy (non-hydrogen) atoms. The average Bonchev–Trinajstić information content (AvgIpc) is 1.61. The lowest BCUT2D eigenvalue weighted by molar-refractivity contribution is 0.555. The lowest BCUT2D eigenvalue weighted by Gasteiger charge is -2.00. The van der Waals surface area contributed by atoms with Crippen LogP contribution >= 0.6 is 0 Å². The first-order valence-electron chi connectivity index (χ1n) is 2.30. The molecular formula is C5H11N3. The lowest BCUT2D eigenvalue weighted by atomic mass is 10.6. The van der Waals surface area contributed by atoms with Crippen LogP contribution in [0.5, 0.6) is 0 Å². The molecule has 0 bridgehead atoms. The zero-order chi connectivity index (χ0) is 6.57. The molecule has 0 aromatic rings. The predicted octanol–water partition coefficient (Wildman–Crippen LogP) is 0.354. The highest BCUT2D eigenvalue weighted by Gasteiger charge is 1.75. The summed E-state index contributed by atoms with van der Waals surface area (Å²) in [5, 5.41) is 1.37.